The minimum Gasteiger partial charge on any atom is -0.460 e. The van der Waals surface area contributed by atoms with Gasteiger partial charge in [0.25, 0.3) is 0 Å². The van der Waals surface area contributed by atoms with Crippen molar-refractivity contribution in [1.82, 2.24) is 19.9 Å². The smallest absolute Gasteiger partial charge is 0.143 e. The van der Waals surface area contributed by atoms with Gasteiger partial charge in [-0.05, 0) is 81.4 Å². The first-order valence-corrected chi connectivity index (χ1v) is 25.6. The lowest BCUT2D eigenvalue weighted by Crippen LogP contribution is -2.24. The number of furan rings is 1. The molecule has 0 bridgehead atoms. The van der Waals surface area contributed by atoms with E-state index in [1.807, 2.05) is 12.4 Å². The summed E-state index contributed by atoms with van der Waals surface area (Å²) in [6.45, 7) is 2.31. The fraction of sp³-hybridized carbons (Fsp3) is 0.0435. The van der Waals surface area contributed by atoms with Gasteiger partial charge in [-0.1, -0.05) is 188 Å². The van der Waals surface area contributed by atoms with Crippen LogP contribution in [0.3, 0.4) is 0 Å². The maximum atomic E-state index is 6.96. The number of para-hydroxylation sites is 2. The lowest BCUT2D eigenvalue weighted by atomic mass is 9.72. The minimum atomic E-state index is -0.380. The van der Waals surface area contributed by atoms with Gasteiger partial charge in [0.1, 0.15) is 22.7 Å². The van der Waals surface area contributed by atoms with Gasteiger partial charge in [-0.15, -0.1) is 0 Å². The zero-order valence-electron chi connectivity index (χ0n) is 40.7. The molecule has 14 aromatic rings. The third-order valence-electron chi connectivity index (χ3n) is 16.0. The number of benzene rings is 11. The number of ether oxygens (including phenoxy) is 1. The molecular formula is C69H42N4O2. The van der Waals surface area contributed by atoms with Crippen molar-refractivity contribution >= 4 is 92.7 Å². The van der Waals surface area contributed by atoms with E-state index in [2.05, 4.69) is 219 Å². The summed E-state index contributed by atoms with van der Waals surface area (Å²) in [5.74, 6) is 1.82. The molecule has 0 spiro atoms. The zero-order valence-corrected chi connectivity index (χ0v) is 40.7. The number of allylic oxidation sites excluding steroid dienone is 4. The van der Waals surface area contributed by atoms with Crippen LogP contribution >= 0.6 is 0 Å². The minimum absolute atomic E-state index is 0.380. The highest BCUT2D eigenvalue weighted by Crippen LogP contribution is 2.56. The summed E-state index contributed by atoms with van der Waals surface area (Å²) in [6.07, 6.45) is 9.01. The molecule has 0 saturated heterocycles. The average Bonchev–Trinajstić information content (AvgIpc) is 4.06. The Labute approximate surface area is 430 Å². The van der Waals surface area contributed by atoms with Crippen molar-refractivity contribution in [1.29, 1.82) is 0 Å². The standard InChI is InChI=1S/C69H42N4O2/c1-69-37-43(40-15-12-16-42(35-40)59-38-70-63-50-23-8-3-18-45(50)47-20-5-10-25-52(47)65(63)72-59)32-34-62(69)75-68-55(29-14-30-58(68)69)54-27-13-28-56-57-36-41(31-33-61(57)74-67(54)56)44-17-2-7-22-49(44)60-39-71-64-51-24-9-4-19-46(51)48-21-6-11-26-53(48)66(64)73-60/h2-36,38-39H,37H2,1H3. The Morgan fingerprint density at radius 2 is 0.933 bits per heavy atom. The van der Waals surface area contributed by atoms with Gasteiger partial charge in [-0.3, -0.25) is 9.97 Å². The highest BCUT2D eigenvalue weighted by molar-refractivity contribution is 6.24. The topological polar surface area (TPSA) is 73.9 Å². The number of rotatable bonds is 5. The Hall–Kier alpha value is -9.78. The molecule has 0 N–H and O–H groups in total. The third-order valence-corrected chi connectivity index (χ3v) is 16.0. The van der Waals surface area contributed by atoms with E-state index in [0.29, 0.717) is 0 Å². The Balaban J connectivity index is 0.738. The molecule has 2 aliphatic rings. The molecule has 16 rings (SSSR count). The van der Waals surface area contributed by atoms with E-state index in [9.17, 15) is 0 Å². The van der Waals surface area contributed by atoms with E-state index in [-0.39, 0.29) is 5.41 Å². The van der Waals surface area contributed by atoms with Crippen LogP contribution in [0.1, 0.15) is 24.5 Å². The monoisotopic (exact) mass is 958 g/mol. The summed E-state index contributed by atoms with van der Waals surface area (Å²) in [5, 5.41) is 11.3. The van der Waals surface area contributed by atoms with Crippen LogP contribution < -0.4 is 4.74 Å². The molecule has 4 heterocycles. The van der Waals surface area contributed by atoms with Crippen molar-refractivity contribution in [2.24, 2.45) is 0 Å². The fourth-order valence-corrected chi connectivity index (χ4v) is 12.4. The molecule has 6 nitrogen and oxygen atoms in total. The van der Waals surface area contributed by atoms with Gasteiger partial charge in [0.15, 0.2) is 0 Å². The molecule has 11 aromatic carbocycles. The highest BCUT2D eigenvalue weighted by Gasteiger charge is 2.44. The molecule has 350 valence electrons. The number of fused-ring (bicyclic) bond motifs is 18. The maximum absolute atomic E-state index is 6.96. The second kappa shape index (κ2) is 15.9. The van der Waals surface area contributed by atoms with Gasteiger partial charge in [-0.2, -0.15) is 0 Å². The van der Waals surface area contributed by atoms with E-state index < -0.39 is 0 Å². The van der Waals surface area contributed by atoms with Crippen LogP contribution in [0.2, 0.25) is 0 Å². The Morgan fingerprint density at radius 1 is 0.400 bits per heavy atom. The van der Waals surface area contributed by atoms with Crippen LogP contribution in [0.15, 0.2) is 235 Å². The predicted molar refractivity (Wildman–Crippen MR) is 307 cm³/mol. The molecule has 75 heavy (non-hydrogen) atoms. The summed E-state index contributed by atoms with van der Waals surface area (Å²) in [4.78, 5) is 20.8. The second-order valence-electron chi connectivity index (χ2n) is 20.2. The van der Waals surface area contributed by atoms with Gasteiger partial charge >= 0.3 is 0 Å². The van der Waals surface area contributed by atoms with Crippen molar-refractivity contribution in [2.75, 3.05) is 0 Å². The van der Waals surface area contributed by atoms with Crippen LogP contribution in [0.4, 0.5) is 0 Å². The summed E-state index contributed by atoms with van der Waals surface area (Å²) in [6, 6.07) is 70.7. The van der Waals surface area contributed by atoms with Crippen LogP contribution in [0, 0.1) is 0 Å². The van der Waals surface area contributed by atoms with Gasteiger partial charge in [0, 0.05) is 60.1 Å². The maximum Gasteiger partial charge on any atom is 0.143 e. The molecule has 6 heteroatoms. The summed E-state index contributed by atoms with van der Waals surface area (Å²) in [7, 11) is 0. The van der Waals surface area contributed by atoms with E-state index in [4.69, 9.17) is 29.1 Å². The Kier molecular flexibility index (Phi) is 8.84. The summed E-state index contributed by atoms with van der Waals surface area (Å²) < 4.78 is 13.8. The zero-order chi connectivity index (χ0) is 49.4. The Bertz CT molecular complexity index is 4800. The molecule has 1 aliphatic carbocycles. The fourth-order valence-electron chi connectivity index (χ4n) is 12.4. The molecule has 0 radical (unpaired) electrons. The normalized spacial score (nSPS) is 15.3. The molecule has 1 unspecified atom stereocenters. The molecular weight excluding hydrogens is 917 g/mol. The number of hydrogen-bond acceptors (Lipinski definition) is 6. The van der Waals surface area contributed by atoms with Crippen molar-refractivity contribution in [3.05, 3.63) is 242 Å². The quantitative estimate of drug-likeness (QED) is 0.160. The highest BCUT2D eigenvalue weighted by atomic mass is 16.5. The van der Waals surface area contributed by atoms with Crippen LogP contribution in [-0.2, 0) is 5.41 Å². The van der Waals surface area contributed by atoms with Crippen molar-refractivity contribution < 1.29 is 9.15 Å². The third kappa shape index (κ3) is 6.20. The summed E-state index contributed by atoms with van der Waals surface area (Å²) >= 11 is 0. The first-order chi connectivity index (χ1) is 37.0. The SMILES string of the molecule is CC12CC(c3cccc(-c4cnc5c6ccccc6c6ccccc6c5n4)c3)=CC=C1Oc1c(-c3cccc4c3oc3ccc(-c5ccccc5-c5cnc6c7ccccc7c7ccccc7c6n5)cc34)cccc12. The van der Waals surface area contributed by atoms with Crippen molar-refractivity contribution in [3.8, 4) is 50.5 Å². The predicted octanol–water partition coefficient (Wildman–Crippen LogP) is 17.8. The molecule has 0 fully saturated rings. The van der Waals surface area contributed by atoms with Gasteiger partial charge in [-0.25, -0.2) is 9.97 Å². The first-order valence-electron chi connectivity index (χ1n) is 25.6. The molecule has 3 aromatic heterocycles. The van der Waals surface area contributed by atoms with Crippen LogP contribution in [0.25, 0.3) is 137 Å². The first kappa shape index (κ1) is 41.8. The molecule has 0 saturated carbocycles. The summed E-state index contributed by atoms with van der Waals surface area (Å²) in [5.41, 5.74) is 16.4. The van der Waals surface area contributed by atoms with E-state index >= 15 is 0 Å². The van der Waals surface area contributed by atoms with Crippen LogP contribution in [-0.4, -0.2) is 19.9 Å². The van der Waals surface area contributed by atoms with Gasteiger partial charge < -0.3 is 9.15 Å². The largest absolute Gasteiger partial charge is 0.460 e. The molecule has 0 amide bonds. The number of hydrogen-bond donors (Lipinski definition) is 0. The van der Waals surface area contributed by atoms with Crippen LogP contribution in [0.5, 0.6) is 5.75 Å². The van der Waals surface area contributed by atoms with Crippen molar-refractivity contribution in [3.63, 3.8) is 0 Å². The second-order valence-corrected chi connectivity index (χ2v) is 20.2. The number of aromatic nitrogens is 4. The molecule has 1 aliphatic heterocycles. The lowest BCUT2D eigenvalue weighted by Gasteiger charge is -2.29. The van der Waals surface area contributed by atoms with Gasteiger partial charge in [0.2, 0.25) is 0 Å². The Morgan fingerprint density at radius 3 is 1.63 bits per heavy atom. The average molecular weight is 959 g/mol. The number of nitrogens with zero attached hydrogens (tertiary/aromatic N) is 4. The van der Waals surface area contributed by atoms with Crippen molar-refractivity contribution in [2.45, 2.75) is 18.8 Å². The molecule has 1 atom stereocenters. The van der Waals surface area contributed by atoms with E-state index in [0.717, 1.165) is 139 Å². The van der Waals surface area contributed by atoms with E-state index in [1.165, 1.54) is 27.1 Å². The van der Waals surface area contributed by atoms with E-state index in [1.54, 1.807) is 0 Å². The lowest BCUT2D eigenvalue weighted by molar-refractivity contribution is 0.380. The van der Waals surface area contributed by atoms with Gasteiger partial charge in [0.05, 0.1) is 51.3 Å².